The highest BCUT2D eigenvalue weighted by Crippen LogP contribution is 2.25. The minimum absolute atomic E-state index is 0.159. The first-order valence-electron chi connectivity index (χ1n) is 7.59. The zero-order valence-corrected chi connectivity index (χ0v) is 15.5. The number of aromatic nitrogens is 2. The summed E-state index contributed by atoms with van der Waals surface area (Å²) >= 11 is 9.46. The Morgan fingerprint density at radius 1 is 1.29 bits per heavy atom. The first kappa shape index (κ1) is 17.4. The van der Waals surface area contributed by atoms with Gasteiger partial charge in [-0.15, -0.1) is 0 Å². The number of rotatable bonds is 3. The van der Waals surface area contributed by atoms with E-state index >= 15 is 0 Å². The van der Waals surface area contributed by atoms with Gasteiger partial charge >= 0.3 is 0 Å². The third-order valence-electron chi connectivity index (χ3n) is 4.22. The number of hydrogen-bond acceptors (Lipinski definition) is 4. The van der Waals surface area contributed by atoms with E-state index in [2.05, 4.69) is 30.8 Å². The van der Waals surface area contributed by atoms with Crippen LogP contribution in [0.5, 0.6) is 0 Å². The summed E-state index contributed by atoms with van der Waals surface area (Å²) in [6, 6.07) is 4.75. The Balaban J connectivity index is 1.68. The topological polar surface area (TPSA) is 41.4 Å². The zero-order valence-electron chi connectivity index (χ0n) is 13.2. The van der Waals surface area contributed by atoms with Gasteiger partial charge in [-0.2, -0.15) is 5.10 Å². The fourth-order valence-electron chi connectivity index (χ4n) is 2.78. The monoisotopic (exact) mass is 414 g/mol. The van der Waals surface area contributed by atoms with Gasteiger partial charge in [0, 0.05) is 50.4 Å². The standard InChI is InChI=1S/C16H17BrClFN4O/c1-21-16(24)15(17)14(9-20-21)23-7-5-22(6-8-23)10-11-12(18)3-2-4-13(11)19/h2-4,9H,5-8,10H2,1H3. The van der Waals surface area contributed by atoms with Crippen LogP contribution < -0.4 is 10.5 Å². The Labute approximate surface area is 152 Å². The number of piperazine rings is 1. The Bertz CT molecular complexity index is 785. The lowest BCUT2D eigenvalue weighted by Crippen LogP contribution is -2.46. The van der Waals surface area contributed by atoms with Gasteiger partial charge in [-0.05, 0) is 28.1 Å². The van der Waals surface area contributed by atoms with Gasteiger partial charge in [0.1, 0.15) is 10.3 Å². The first-order valence-corrected chi connectivity index (χ1v) is 8.76. The van der Waals surface area contributed by atoms with Gasteiger partial charge in [-0.1, -0.05) is 17.7 Å². The molecule has 5 nitrogen and oxygen atoms in total. The van der Waals surface area contributed by atoms with Crippen LogP contribution in [0.4, 0.5) is 10.1 Å². The minimum atomic E-state index is -0.275. The molecule has 1 aliphatic rings. The molecule has 0 unspecified atom stereocenters. The van der Waals surface area contributed by atoms with Crippen LogP contribution in [0.15, 0.2) is 33.7 Å². The predicted molar refractivity (Wildman–Crippen MR) is 96.1 cm³/mol. The molecule has 1 saturated heterocycles. The Morgan fingerprint density at radius 2 is 2.00 bits per heavy atom. The lowest BCUT2D eigenvalue weighted by molar-refractivity contribution is 0.246. The number of halogens is 3. The fourth-order valence-corrected chi connectivity index (χ4v) is 3.61. The number of nitrogens with zero attached hydrogens (tertiary/aromatic N) is 4. The van der Waals surface area contributed by atoms with Gasteiger partial charge in [0.05, 0.1) is 11.9 Å². The second kappa shape index (κ2) is 7.21. The molecule has 1 fully saturated rings. The molecular weight excluding hydrogens is 399 g/mol. The summed E-state index contributed by atoms with van der Waals surface area (Å²) in [6.45, 7) is 3.47. The van der Waals surface area contributed by atoms with Crippen molar-refractivity contribution in [3.05, 3.63) is 55.6 Å². The highest BCUT2D eigenvalue weighted by atomic mass is 79.9. The molecule has 0 amide bonds. The molecule has 0 bridgehead atoms. The van der Waals surface area contributed by atoms with Crippen molar-refractivity contribution in [2.24, 2.45) is 7.05 Å². The molecule has 0 aliphatic carbocycles. The maximum atomic E-state index is 13.9. The van der Waals surface area contributed by atoms with E-state index in [1.165, 1.54) is 10.7 Å². The Hall–Kier alpha value is -1.44. The zero-order chi connectivity index (χ0) is 17.3. The van der Waals surface area contributed by atoms with E-state index in [4.69, 9.17) is 11.6 Å². The maximum Gasteiger partial charge on any atom is 0.282 e. The Morgan fingerprint density at radius 3 is 2.67 bits per heavy atom. The summed E-state index contributed by atoms with van der Waals surface area (Å²) in [5.41, 5.74) is 1.17. The molecule has 2 heterocycles. The van der Waals surface area contributed by atoms with Crippen molar-refractivity contribution >= 4 is 33.2 Å². The molecule has 1 aromatic carbocycles. The second-order valence-electron chi connectivity index (χ2n) is 5.74. The first-order chi connectivity index (χ1) is 11.5. The van der Waals surface area contributed by atoms with Crippen molar-refractivity contribution in [3.8, 4) is 0 Å². The molecule has 1 aromatic heterocycles. The van der Waals surface area contributed by atoms with Gasteiger partial charge in [0.15, 0.2) is 0 Å². The van der Waals surface area contributed by atoms with Crippen LogP contribution in [0.2, 0.25) is 5.02 Å². The van der Waals surface area contributed by atoms with Crippen molar-refractivity contribution in [1.29, 1.82) is 0 Å². The second-order valence-corrected chi connectivity index (χ2v) is 6.94. The van der Waals surface area contributed by atoms with Crippen LogP contribution in [0.25, 0.3) is 0 Å². The van der Waals surface area contributed by atoms with E-state index in [-0.39, 0.29) is 11.4 Å². The van der Waals surface area contributed by atoms with E-state index in [0.29, 0.717) is 21.6 Å². The van der Waals surface area contributed by atoms with E-state index in [0.717, 1.165) is 31.9 Å². The van der Waals surface area contributed by atoms with E-state index < -0.39 is 0 Å². The molecule has 0 spiro atoms. The van der Waals surface area contributed by atoms with Gasteiger partial charge in [-0.25, -0.2) is 9.07 Å². The minimum Gasteiger partial charge on any atom is -0.367 e. The summed E-state index contributed by atoms with van der Waals surface area (Å²) in [5, 5.41) is 4.53. The van der Waals surface area contributed by atoms with Gasteiger partial charge in [-0.3, -0.25) is 9.69 Å². The fraction of sp³-hybridized carbons (Fsp3) is 0.375. The van der Waals surface area contributed by atoms with E-state index in [9.17, 15) is 9.18 Å². The lowest BCUT2D eigenvalue weighted by atomic mass is 10.1. The van der Waals surface area contributed by atoms with Crippen molar-refractivity contribution < 1.29 is 4.39 Å². The van der Waals surface area contributed by atoms with Gasteiger partial charge in [0.25, 0.3) is 5.56 Å². The molecule has 2 aromatic rings. The van der Waals surface area contributed by atoms with Crippen LogP contribution in [0, 0.1) is 5.82 Å². The average molecular weight is 416 g/mol. The normalized spacial score (nSPS) is 15.8. The van der Waals surface area contributed by atoms with Crippen LogP contribution in [-0.2, 0) is 13.6 Å². The number of aryl methyl sites for hydroxylation is 1. The summed E-state index contributed by atoms with van der Waals surface area (Å²) < 4.78 is 15.7. The van der Waals surface area contributed by atoms with Crippen LogP contribution >= 0.6 is 27.5 Å². The smallest absolute Gasteiger partial charge is 0.282 e. The third kappa shape index (κ3) is 3.48. The summed E-state index contributed by atoms with van der Waals surface area (Å²) in [7, 11) is 1.62. The van der Waals surface area contributed by atoms with E-state index in [1.54, 1.807) is 25.4 Å². The summed E-state index contributed by atoms with van der Waals surface area (Å²) in [5.74, 6) is -0.275. The number of hydrogen-bond donors (Lipinski definition) is 0. The van der Waals surface area contributed by atoms with Crippen molar-refractivity contribution in [2.75, 3.05) is 31.1 Å². The highest BCUT2D eigenvalue weighted by molar-refractivity contribution is 9.10. The predicted octanol–water partition coefficient (Wildman–Crippen LogP) is 2.66. The number of anilines is 1. The SMILES string of the molecule is Cn1ncc(N2CCN(Cc3c(F)cccc3Cl)CC2)c(Br)c1=O. The van der Waals surface area contributed by atoms with E-state index in [1.807, 2.05) is 0 Å². The average Bonchev–Trinajstić information content (AvgIpc) is 2.57. The van der Waals surface area contributed by atoms with Crippen molar-refractivity contribution in [1.82, 2.24) is 14.7 Å². The molecule has 0 N–H and O–H groups in total. The van der Waals surface area contributed by atoms with Crippen LogP contribution in [0.1, 0.15) is 5.56 Å². The lowest BCUT2D eigenvalue weighted by Gasteiger charge is -2.36. The Kier molecular flexibility index (Phi) is 5.22. The molecule has 128 valence electrons. The van der Waals surface area contributed by atoms with Crippen LogP contribution in [0.3, 0.4) is 0 Å². The largest absolute Gasteiger partial charge is 0.367 e. The third-order valence-corrected chi connectivity index (χ3v) is 5.32. The number of benzene rings is 1. The van der Waals surface area contributed by atoms with Crippen LogP contribution in [-0.4, -0.2) is 40.9 Å². The summed E-state index contributed by atoms with van der Waals surface area (Å²) in [6.07, 6.45) is 1.69. The van der Waals surface area contributed by atoms with Gasteiger partial charge in [0.2, 0.25) is 0 Å². The molecule has 0 radical (unpaired) electrons. The molecule has 8 heteroatoms. The molecule has 1 aliphatic heterocycles. The van der Waals surface area contributed by atoms with Gasteiger partial charge < -0.3 is 4.90 Å². The van der Waals surface area contributed by atoms with Crippen molar-refractivity contribution in [2.45, 2.75) is 6.54 Å². The maximum absolute atomic E-state index is 13.9. The molecule has 0 atom stereocenters. The molecule has 24 heavy (non-hydrogen) atoms. The molecule has 0 saturated carbocycles. The van der Waals surface area contributed by atoms with Crippen molar-refractivity contribution in [3.63, 3.8) is 0 Å². The molecule has 3 rings (SSSR count). The molecular formula is C16H17BrClFN4O. The highest BCUT2D eigenvalue weighted by Gasteiger charge is 2.22. The quantitative estimate of drug-likeness (QED) is 0.773. The summed E-state index contributed by atoms with van der Waals surface area (Å²) in [4.78, 5) is 16.2.